The maximum atomic E-state index is 13.0. The average Bonchev–Trinajstić information content (AvgIpc) is 2.36. The van der Waals surface area contributed by atoms with Crippen LogP contribution < -0.4 is 4.72 Å². The molecule has 8 heteroatoms. The molecule has 0 saturated heterocycles. The first-order chi connectivity index (χ1) is 9.29. The molecule has 2 rings (SSSR count). The van der Waals surface area contributed by atoms with Gasteiger partial charge in [0.2, 0.25) is 0 Å². The number of hydrogen-bond donors (Lipinski definition) is 1. The Hall–Kier alpha value is -1.73. The highest BCUT2D eigenvalue weighted by Crippen LogP contribution is 2.25. The Morgan fingerprint density at radius 2 is 1.65 bits per heavy atom. The highest BCUT2D eigenvalue weighted by atomic mass is 35.5. The number of anilines is 1. The number of rotatable bonds is 3. The smallest absolute Gasteiger partial charge is 0.262 e. The van der Waals surface area contributed by atoms with E-state index in [2.05, 4.69) is 4.72 Å². The third kappa shape index (κ3) is 3.05. The van der Waals surface area contributed by atoms with Crippen LogP contribution in [0.3, 0.4) is 0 Å². The van der Waals surface area contributed by atoms with Crippen molar-refractivity contribution in [2.24, 2.45) is 0 Å². The van der Waals surface area contributed by atoms with Gasteiger partial charge in [0.15, 0.2) is 11.6 Å². The summed E-state index contributed by atoms with van der Waals surface area (Å²) in [6.07, 6.45) is 0. The van der Waals surface area contributed by atoms with E-state index in [4.69, 9.17) is 11.6 Å². The highest BCUT2D eigenvalue weighted by Gasteiger charge is 2.18. The first-order valence-electron chi connectivity index (χ1n) is 5.22. The van der Waals surface area contributed by atoms with Gasteiger partial charge in [-0.2, -0.15) is 0 Å². The van der Waals surface area contributed by atoms with E-state index in [1.54, 1.807) is 0 Å². The highest BCUT2D eigenvalue weighted by molar-refractivity contribution is 7.92. The molecule has 1 N–H and O–H groups in total. The van der Waals surface area contributed by atoms with Crippen LogP contribution in [-0.2, 0) is 10.0 Å². The average molecular weight is 322 g/mol. The zero-order valence-electron chi connectivity index (χ0n) is 9.70. The molecule has 20 heavy (non-hydrogen) atoms. The second-order valence-corrected chi connectivity index (χ2v) is 5.90. The molecule has 0 amide bonds. The Labute approximate surface area is 118 Å². The summed E-state index contributed by atoms with van der Waals surface area (Å²) in [7, 11) is -4.15. The molecule has 0 atom stereocenters. The van der Waals surface area contributed by atoms with Crippen LogP contribution in [0, 0.1) is 17.5 Å². The Bertz CT molecular complexity index is 765. The van der Waals surface area contributed by atoms with E-state index in [-0.39, 0.29) is 10.7 Å². The summed E-state index contributed by atoms with van der Waals surface area (Å²) in [5.74, 6) is -3.09. The van der Waals surface area contributed by atoms with Crippen molar-refractivity contribution in [3.05, 3.63) is 58.9 Å². The van der Waals surface area contributed by atoms with E-state index in [0.29, 0.717) is 12.1 Å². The maximum Gasteiger partial charge on any atom is 0.262 e. The molecular weight excluding hydrogens is 315 g/mol. The predicted octanol–water partition coefficient (Wildman–Crippen LogP) is 3.56. The summed E-state index contributed by atoms with van der Waals surface area (Å²) < 4.78 is 64.6. The van der Waals surface area contributed by atoms with Crippen LogP contribution in [0.1, 0.15) is 0 Å². The van der Waals surface area contributed by atoms with Crippen molar-refractivity contribution in [1.29, 1.82) is 0 Å². The molecule has 0 saturated carbocycles. The molecule has 2 aromatic carbocycles. The molecule has 0 aliphatic rings. The number of benzene rings is 2. The van der Waals surface area contributed by atoms with Gasteiger partial charge in [0.1, 0.15) is 5.82 Å². The molecule has 0 spiro atoms. The second-order valence-electron chi connectivity index (χ2n) is 3.81. The summed E-state index contributed by atoms with van der Waals surface area (Å²) >= 11 is 5.68. The molecule has 3 nitrogen and oxygen atoms in total. The number of nitrogens with one attached hydrogen (secondary N) is 1. The van der Waals surface area contributed by atoms with Gasteiger partial charge in [0.05, 0.1) is 15.6 Å². The van der Waals surface area contributed by atoms with Gasteiger partial charge in [0.25, 0.3) is 10.0 Å². The molecule has 2 aromatic rings. The van der Waals surface area contributed by atoms with Gasteiger partial charge < -0.3 is 0 Å². The van der Waals surface area contributed by atoms with Crippen molar-refractivity contribution < 1.29 is 21.6 Å². The normalized spacial score (nSPS) is 11.4. The van der Waals surface area contributed by atoms with E-state index >= 15 is 0 Å². The van der Waals surface area contributed by atoms with Crippen LogP contribution >= 0.6 is 11.6 Å². The lowest BCUT2D eigenvalue weighted by molar-refractivity contribution is 0.504. The van der Waals surface area contributed by atoms with Gasteiger partial charge in [-0.15, -0.1) is 0 Å². The summed E-state index contributed by atoms with van der Waals surface area (Å²) in [6.45, 7) is 0. The van der Waals surface area contributed by atoms with Crippen LogP contribution in [0.2, 0.25) is 5.02 Å². The lowest BCUT2D eigenvalue weighted by Gasteiger charge is -2.09. The molecule has 0 aliphatic carbocycles. The summed E-state index contributed by atoms with van der Waals surface area (Å²) in [4.78, 5) is -0.475. The van der Waals surface area contributed by atoms with Crippen LogP contribution in [0.25, 0.3) is 0 Å². The van der Waals surface area contributed by atoms with Gasteiger partial charge in [-0.05, 0) is 36.4 Å². The minimum Gasteiger partial charge on any atom is -0.278 e. The third-order valence-corrected chi connectivity index (χ3v) is 4.05. The monoisotopic (exact) mass is 321 g/mol. The third-order valence-electron chi connectivity index (χ3n) is 2.38. The second kappa shape index (κ2) is 5.34. The minimum atomic E-state index is -4.15. The van der Waals surface area contributed by atoms with E-state index in [9.17, 15) is 21.6 Å². The first kappa shape index (κ1) is 14.7. The van der Waals surface area contributed by atoms with Crippen molar-refractivity contribution in [2.45, 2.75) is 4.90 Å². The van der Waals surface area contributed by atoms with Gasteiger partial charge in [-0.1, -0.05) is 11.6 Å². The maximum absolute atomic E-state index is 13.0. The van der Waals surface area contributed by atoms with Crippen LogP contribution in [-0.4, -0.2) is 8.42 Å². The van der Waals surface area contributed by atoms with Gasteiger partial charge in [0, 0.05) is 0 Å². The molecular formula is C12H7ClF3NO2S. The number of halogens is 4. The zero-order valence-corrected chi connectivity index (χ0v) is 11.3. The van der Waals surface area contributed by atoms with Gasteiger partial charge >= 0.3 is 0 Å². The Morgan fingerprint density at radius 3 is 2.25 bits per heavy atom. The number of sulfonamides is 1. The molecule has 0 heterocycles. The summed E-state index contributed by atoms with van der Waals surface area (Å²) in [5, 5.41) is -0.156. The largest absolute Gasteiger partial charge is 0.278 e. The van der Waals surface area contributed by atoms with Crippen LogP contribution in [0.5, 0.6) is 0 Å². The molecule has 0 aliphatic heterocycles. The molecule has 0 bridgehead atoms. The fraction of sp³-hybridized carbons (Fsp3) is 0. The predicted molar refractivity (Wildman–Crippen MR) is 68.6 cm³/mol. The van der Waals surface area contributed by atoms with Crippen LogP contribution in [0.4, 0.5) is 18.9 Å². The van der Waals surface area contributed by atoms with Crippen molar-refractivity contribution in [1.82, 2.24) is 0 Å². The van der Waals surface area contributed by atoms with E-state index in [1.807, 2.05) is 0 Å². The standard InChI is InChI=1S/C12H7ClF3NO2S/c13-9-5-7(14)1-4-12(9)17-20(18,19)8-2-3-10(15)11(16)6-8/h1-6,17H. The molecule has 0 aromatic heterocycles. The Morgan fingerprint density at radius 1 is 0.950 bits per heavy atom. The molecule has 0 radical (unpaired) electrons. The zero-order chi connectivity index (χ0) is 14.9. The van der Waals surface area contributed by atoms with Gasteiger partial charge in [-0.3, -0.25) is 4.72 Å². The summed E-state index contributed by atoms with van der Waals surface area (Å²) in [5.41, 5.74) is -0.0715. The van der Waals surface area contributed by atoms with Gasteiger partial charge in [-0.25, -0.2) is 21.6 Å². The fourth-order valence-corrected chi connectivity index (χ4v) is 2.78. The summed E-state index contributed by atoms with van der Waals surface area (Å²) in [6, 6.07) is 5.18. The Kier molecular flexibility index (Phi) is 3.92. The lowest BCUT2D eigenvalue weighted by Crippen LogP contribution is -2.13. The Balaban J connectivity index is 2.38. The first-order valence-corrected chi connectivity index (χ1v) is 7.08. The van der Waals surface area contributed by atoms with E-state index in [1.165, 1.54) is 0 Å². The molecule has 106 valence electrons. The molecule has 0 fully saturated rings. The van der Waals surface area contributed by atoms with Crippen LogP contribution in [0.15, 0.2) is 41.3 Å². The quantitative estimate of drug-likeness (QED) is 0.939. The lowest BCUT2D eigenvalue weighted by atomic mass is 10.3. The minimum absolute atomic E-state index is 0.0715. The van der Waals surface area contributed by atoms with E-state index in [0.717, 1.165) is 24.3 Å². The van der Waals surface area contributed by atoms with E-state index < -0.39 is 32.4 Å². The SMILES string of the molecule is O=S(=O)(Nc1ccc(F)cc1Cl)c1ccc(F)c(F)c1. The van der Waals surface area contributed by atoms with Crippen molar-refractivity contribution >= 4 is 27.3 Å². The van der Waals surface area contributed by atoms with Crippen molar-refractivity contribution in [2.75, 3.05) is 4.72 Å². The fourth-order valence-electron chi connectivity index (χ4n) is 1.42. The molecule has 0 unspecified atom stereocenters. The van der Waals surface area contributed by atoms with Crippen molar-refractivity contribution in [3.8, 4) is 0 Å². The topological polar surface area (TPSA) is 46.2 Å². The number of hydrogen-bond acceptors (Lipinski definition) is 2. The van der Waals surface area contributed by atoms with Crippen molar-refractivity contribution in [3.63, 3.8) is 0 Å².